The van der Waals surface area contributed by atoms with Crippen LogP contribution in [0.4, 0.5) is 0 Å². The number of carbonyl (C=O) groups is 1. The number of aryl methyl sites for hydroxylation is 1. The number of benzene rings is 2. The second-order valence-corrected chi connectivity index (χ2v) is 7.63. The molecule has 9 heteroatoms. The predicted molar refractivity (Wildman–Crippen MR) is 109 cm³/mol. The van der Waals surface area contributed by atoms with Gasteiger partial charge in [0.15, 0.2) is 11.5 Å². The molecule has 0 saturated heterocycles. The van der Waals surface area contributed by atoms with Crippen LogP contribution in [0.15, 0.2) is 47.6 Å². The van der Waals surface area contributed by atoms with Crippen LogP contribution in [-0.4, -0.2) is 51.1 Å². The van der Waals surface area contributed by atoms with Crippen LogP contribution < -0.4 is 14.8 Å². The number of amides is 1. The molecule has 2 aromatic carbocycles. The summed E-state index contributed by atoms with van der Waals surface area (Å²) in [4.78, 5) is 12.3. The van der Waals surface area contributed by atoms with Crippen LogP contribution >= 0.6 is 11.8 Å². The zero-order chi connectivity index (χ0) is 20.2. The molecule has 1 aromatic heterocycles. The molecular weight excluding hydrogens is 390 g/mol. The highest BCUT2D eigenvalue weighted by molar-refractivity contribution is 7.99. The molecule has 0 unspecified atom stereocenters. The van der Waals surface area contributed by atoms with Crippen molar-refractivity contribution in [3.63, 3.8) is 0 Å². The lowest BCUT2D eigenvalue weighted by Gasteiger charge is -2.26. The Balaban J connectivity index is 1.31. The molecule has 4 rings (SSSR count). The van der Waals surface area contributed by atoms with E-state index in [0.717, 1.165) is 22.6 Å². The number of hydrogen-bond acceptors (Lipinski definition) is 7. The van der Waals surface area contributed by atoms with Crippen molar-refractivity contribution in [2.75, 3.05) is 18.9 Å². The fourth-order valence-electron chi connectivity index (χ4n) is 2.96. The summed E-state index contributed by atoms with van der Waals surface area (Å²) in [5.74, 6) is 1.51. The number of nitrogens with zero attached hydrogens (tertiary/aromatic N) is 4. The van der Waals surface area contributed by atoms with Crippen LogP contribution in [0.1, 0.15) is 11.1 Å². The number of hydrogen-bond donors (Lipinski definition) is 1. The molecule has 150 valence electrons. The van der Waals surface area contributed by atoms with E-state index in [4.69, 9.17) is 9.47 Å². The maximum absolute atomic E-state index is 12.3. The number of thioether (sulfide) groups is 1. The number of carbonyl (C=O) groups excluding carboxylic acids is 1. The maximum atomic E-state index is 12.3. The van der Waals surface area contributed by atoms with E-state index >= 15 is 0 Å². The largest absolute Gasteiger partial charge is 0.486 e. The Hall–Kier alpha value is -3.07. The first kappa shape index (κ1) is 19.3. The zero-order valence-corrected chi connectivity index (χ0v) is 17.0. The van der Waals surface area contributed by atoms with E-state index in [0.29, 0.717) is 24.1 Å². The van der Waals surface area contributed by atoms with Crippen molar-refractivity contribution >= 4 is 17.7 Å². The van der Waals surface area contributed by atoms with Gasteiger partial charge in [-0.05, 0) is 53.6 Å². The highest BCUT2D eigenvalue weighted by Gasteiger charge is 2.21. The van der Waals surface area contributed by atoms with Crippen LogP contribution in [0.2, 0.25) is 0 Å². The molecule has 1 N–H and O–H groups in total. The number of ether oxygens (including phenoxy) is 2. The first-order valence-corrected chi connectivity index (χ1v) is 10.2. The van der Waals surface area contributed by atoms with Crippen LogP contribution in [0, 0.1) is 13.8 Å². The summed E-state index contributed by atoms with van der Waals surface area (Å²) >= 11 is 1.29. The molecule has 0 radical (unpaired) electrons. The van der Waals surface area contributed by atoms with Gasteiger partial charge in [-0.2, -0.15) is 4.68 Å². The van der Waals surface area contributed by atoms with Gasteiger partial charge in [-0.15, -0.1) is 5.10 Å². The standard InChI is InChI=1S/C20H21N5O3S/c1-13-6-5-7-16(14(13)2)25-20(22-23-24-25)29-12-19(26)21-10-15-11-27-17-8-3-4-9-18(17)28-15/h3-9,15H,10-12H2,1-2H3,(H,21,26)/t15-/m1/s1. The molecule has 2 heterocycles. The topological polar surface area (TPSA) is 91.2 Å². The lowest BCUT2D eigenvalue weighted by Crippen LogP contribution is -2.41. The molecule has 0 saturated carbocycles. The number of para-hydroxylation sites is 2. The van der Waals surface area contributed by atoms with Crippen molar-refractivity contribution in [1.82, 2.24) is 25.5 Å². The van der Waals surface area contributed by atoms with Crippen molar-refractivity contribution in [1.29, 1.82) is 0 Å². The summed E-state index contributed by atoms with van der Waals surface area (Å²) in [5.41, 5.74) is 3.16. The fourth-order valence-corrected chi connectivity index (χ4v) is 3.67. The second-order valence-electron chi connectivity index (χ2n) is 6.68. The zero-order valence-electron chi connectivity index (χ0n) is 16.2. The Kier molecular flexibility index (Phi) is 5.66. The maximum Gasteiger partial charge on any atom is 0.230 e. The Morgan fingerprint density at radius 2 is 2.03 bits per heavy atom. The second kappa shape index (κ2) is 8.52. The Morgan fingerprint density at radius 1 is 1.21 bits per heavy atom. The molecule has 1 aliphatic rings. The molecule has 29 heavy (non-hydrogen) atoms. The van der Waals surface area contributed by atoms with Gasteiger partial charge in [-0.25, -0.2) is 0 Å². The summed E-state index contributed by atoms with van der Waals surface area (Å²) in [6.45, 7) is 4.84. The van der Waals surface area contributed by atoms with Crippen LogP contribution in [0.5, 0.6) is 11.5 Å². The number of tetrazole rings is 1. The molecule has 0 spiro atoms. The van der Waals surface area contributed by atoms with Gasteiger partial charge in [0.25, 0.3) is 0 Å². The highest BCUT2D eigenvalue weighted by Crippen LogP contribution is 2.30. The van der Waals surface area contributed by atoms with E-state index in [2.05, 4.69) is 20.8 Å². The van der Waals surface area contributed by atoms with Gasteiger partial charge in [0, 0.05) is 0 Å². The van der Waals surface area contributed by atoms with Gasteiger partial charge in [0.2, 0.25) is 11.1 Å². The van der Waals surface area contributed by atoms with Gasteiger partial charge >= 0.3 is 0 Å². The molecule has 0 bridgehead atoms. The van der Waals surface area contributed by atoms with Gasteiger partial charge in [-0.1, -0.05) is 36.0 Å². The van der Waals surface area contributed by atoms with E-state index in [1.807, 2.05) is 56.3 Å². The van der Waals surface area contributed by atoms with Crippen LogP contribution in [0.25, 0.3) is 5.69 Å². The predicted octanol–water partition coefficient (Wildman–Crippen LogP) is 2.33. The normalized spacial score (nSPS) is 15.2. The third-order valence-corrected chi connectivity index (χ3v) is 5.59. The van der Waals surface area contributed by atoms with E-state index in [1.54, 1.807) is 4.68 Å². The van der Waals surface area contributed by atoms with E-state index < -0.39 is 0 Å². The van der Waals surface area contributed by atoms with Gasteiger partial charge in [0.05, 0.1) is 18.0 Å². The Bertz CT molecular complexity index is 1020. The first-order valence-electron chi connectivity index (χ1n) is 9.25. The minimum Gasteiger partial charge on any atom is -0.486 e. The lowest BCUT2D eigenvalue weighted by atomic mass is 10.1. The average Bonchev–Trinajstić information content (AvgIpc) is 3.21. The molecule has 3 aromatic rings. The third kappa shape index (κ3) is 4.34. The van der Waals surface area contributed by atoms with Gasteiger partial charge in [-0.3, -0.25) is 4.79 Å². The Labute approximate surface area is 172 Å². The smallest absolute Gasteiger partial charge is 0.230 e. The minimum absolute atomic E-state index is 0.118. The number of rotatable bonds is 6. The SMILES string of the molecule is Cc1cccc(-n2nnnc2SCC(=O)NC[C@@H]2COc3ccccc3O2)c1C. The van der Waals surface area contributed by atoms with E-state index in [9.17, 15) is 4.79 Å². The number of fused-ring (bicyclic) bond motifs is 1. The summed E-state index contributed by atoms with van der Waals surface area (Å²) in [6.07, 6.45) is -0.223. The molecule has 8 nitrogen and oxygen atoms in total. The summed E-state index contributed by atoms with van der Waals surface area (Å²) in [5, 5.41) is 15.3. The summed E-state index contributed by atoms with van der Waals surface area (Å²) < 4.78 is 13.2. The molecule has 1 atom stereocenters. The fraction of sp³-hybridized carbons (Fsp3) is 0.300. The molecule has 1 amide bonds. The Morgan fingerprint density at radius 3 is 2.90 bits per heavy atom. The molecule has 1 aliphatic heterocycles. The van der Waals surface area contributed by atoms with Crippen molar-refractivity contribution in [2.24, 2.45) is 0 Å². The van der Waals surface area contributed by atoms with Gasteiger partial charge in [0.1, 0.15) is 12.7 Å². The van der Waals surface area contributed by atoms with Crippen molar-refractivity contribution in [3.8, 4) is 17.2 Å². The summed E-state index contributed by atoms with van der Waals surface area (Å²) in [6, 6.07) is 13.5. The quantitative estimate of drug-likeness (QED) is 0.623. The van der Waals surface area contributed by atoms with Gasteiger partial charge < -0.3 is 14.8 Å². The lowest BCUT2D eigenvalue weighted by molar-refractivity contribution is -0.119. The molecule has 0 aliphatic carbocycles. The van der Waals surface area contributed by atoms with E-state index in [1.165, 1.54) is 11.8 Å². The molecule has 0 fully saturated rings. The third-order valence-electron chi connectivity index (χ3n) is 4.67. The van der Waals surface area contributed by atoms with Crippen molar-refractivity contribution < 1.29 is 14.3 Å². The average molecular weight is 411 g/mol. The highest BCUT2D eigenvalue weighted by atomic mass is 32.2. The minimum atomic E-state index is -0.223. The molecular formula is C20H21N5O3S. The van der Waals surface area contributed by atoms with Crippen LogP contribution in [-0.2, 0) is 4.79 Å². The monoisotopic (exact) mass is 411 g/mol. The van der Waals surface area contributed by atoms with Crippen molar-refractivity contribution in [2.45, 2.75) is 25.1 Å². The van der Waals surface area contributed by atoms with E-state index in [-0.39, 0.29) is 17.8 Å². The number of aromatic nitrogens is 4. The van der Waals surface area contributed by atoms with Crippen molar-refractivity contribution in [3.05, 3.63) is 53.6 Å². The van der Waals surface area contributed by atoms with Crippen LogP contribution in [0.3, 0.4) is 0 Å². The first-order chi connectivity index (χ1) is 14.1. The summed E-state index contributed by atoms with van der Waals surface area (Å²) in [7, 11) is 0. The number of nitrogens with one attached hydrogen (secondary N) is 1.